The average Bonchev–Trinajstić information content (AvgIpc) is 2.48. The molecule has 2 atom stereocenters. The Morgan fingerprint density at radius 3 is 1.89 bits per heavy atom. The highest BCUT2D eigenvalue weighted by atomic mass is 35.5. The summed E-state index contributed by atoms with van der Waals surface area (Å²) in [4.78, 5) is 0. The Kier molecular flexibility index (Phi) is 4.85. The highest BCUT2D eigenvalue weighted by Crippen LogP contribution is 2.35. The molecule has 0 N–H and O–H groups in total. The molecule has 2 aromatic rings. The van der Waals surface area contributed by atoms with Gasteiger partial charge in [0.25, 0.3) is 0 Å². The first kappa shape index (κ1) is 13.9. The zero-order valence-electron chi connectivity index (χ0n) is 10.3. The number of alkyl halides is 2. The second kappa shape index (κ2) is 6.61. The molecular weight excluding hydrogens is 277 g/mol. The van der Waals surface area contributed by atoms with E-state index in [1.807, 2.05) is 42.5 Å². The molecule has 0 aliphatic rings. The summed E-state index contributed by atoms with van der Waals surface area (Å²) in [6.45, 7) is 0. The van der Waals surface area contributed by atoms with E-state index in [0.29, 0.717) is 12.0 Å². The molecule has 0 amide bonds. The highest BCUT2D eigenvalue weighted by Gasteiger charge is 2.15. The summed E-state index contributed by atoms with van der Waals surface area (Å²) < 4.78 is 0. The molecule has 0 saturated heterocycles. The average molecular weight is 290 g/mol. The Labute approximate surface area is 123 Å². The zero-order valence-corrected chi connectivity index (χ0v) is 11.8. The van der Waals surface area contributed by atoms with E-state index in [9.17, 15) is 0 Å². The molecule has 2 unspecified atom stereocenters. The van der Waals surface area contributed by atoms with Crippen molar-refractivity contribution in [2.75, 3.05) is 0 Å². The van der Waals surface area contributed by atoms with Crippen LogP contribution in [0.15, 0.2) is 54.6 Å². The van der Waals surface area contributed by atoms with Gasteiger partial charge in [-0.2, -0.15) is 5.26 Å². The standard InChI is InChI=1S/C16H13Cl2N/c17-15(13-4-2-1-3-5-13)10-16(18)14-8-6-12(11-19)7-9-14/h1-9,15-16H,10H2. The van der Waals surface area contributed by atoms with Crippen molar-refractivity contribution in [2.24, 2.45) is 0 Å². The molecule has 0 fully saturated rings. The summed E-state index contributed by atoms with van der Waals surface area (Å²) in [7, 11) is 0. The predicted octanol–water partition coefficient (Wildman–Crippen LogP) is 5.21. The number of rotatable bonds is 4. The monoisotopic (exact) mass is 289 g/mol. The number of hydrogen-bond donors (Lipinski definition) is 0. The van der Waals surface area contributed by atoms with Crippen molar-refractivity contribution in [1.82, 2.24) is 0 Å². The Balaban J connectivity index is 2.04. The van der Waals surface area contributed by atoms with Crippen molar-refractivity contribution >= 4 is 23.2 Å². The van der Waals surface area contributed by atoms with Crippen molar-refractivity contribution in [3.05, 3.63) is 71.3 Å². The van der Waals surface area contributed by atoms with Crippen LogP contribution in [0.5, 0.6) is 0 Å². The molecule has 0 radical (unpaired) electrons. The van der Waals surface area contributed by atoms with Gasteiger partial charge in [0, 0.05) is 0 Å². The molecule has 0 spiro atoms. The Morgan fingerprint density at radius 1 is 0.842 bits per heavy atom. The van der Waals surface area contributed by atoms with E-state index < -0.39 is 0 Å². The molecule has 2 rings (SSSR count). The molecule has 2 aromatic carbocycles. The Bertz CT molecular complexity index is 558. The minimum absolute atomic E-state index is 0.112. The molecular formula is C16H13Cl2N. The van der Waals surface area contributed by atoms with Crippen LogP contribution in [0, 0.1) is 11.3 Å². The molecule has 0 aliphatic heterocycles. The van der Waals surface area contributed by atoms with Gasteiger partial charge >= 0.3 is 0 Å². The van der Waals surface area contributed by atoms with Gasteiger partial charge in [-0.1, -0.05) is 42.5 Å². The lowest BCUT2D eigenvalue weighted by Gasteiger charge is -2.15. The van der Waals surface area contributed by atoms with Crippen LogP contribution in [-0.4, -0.2) is 0 Å². The number of hydrogen-bond acceptors (Lipinski definition) is 1. The molecule has 0 saturated carbocycles. The maximum absolute atomic E-state index is 8.76. The SMILES string of the molecule is N#Cc1ccc(C(Cl)CC(Cl)c2ccccc2)cc1. The van der Waals surface area contributed by atoms with E-state index in [2.05, 4.69) is 6.07 Å². The lowest BCUT2D eigenvalue weighted by atomic mass is 10.0. The fraction of sp³-hybridized carbons (Fsp3) is 0.188. The lowest BCUT2D eigenvalue weighted by Crippen LogP contribution is -1.97. The number of nitriles is 1. The number of halogens is 2. The van der Waals surface area contributed by atoms with Crippen LogP contribution < -0.4 is 0 Å². The summed E-state index contributed by atoms with van der Waals surface area (Å²) in [5.41, 5.74) is 2.70. The summed E-state index contributed by atoms with van der Waals surface area (Å²) in [5, 5.41) is 8.49. The maximum Gasteiger partial charge on any atom is 0.0991 e. The maximum atomic E-state index is 8.76. The smallest absolute Gasteiger partial charge is 0.0991 e. The first-order chi connectivity index (χ1) is 9.20. The van der Waals surface area contributed by atoms with E-state index in [-0.39, 0.29) is 10.8 Å². The molecule has 19 heavy (non-hydrogen) atoms. The van der Waals surface area contributed by atoms with Crippen LogP contribution in [0.1, 0.15) is 33.9 Å². The van der Waals surface area contributed by atoms with Gasteiger partial charge in [-0.3, -0.25) is 0 Å². The molecule has 1 nitrogen and oxygen atoms in total. The van der Waals surface area contributed by atoms with Gasteiger partial charge in [0.2, 0.25) is 0 Å². The van der Waals surface area contributed by atoms with E-state index in [1.54, 1.807) is 12.1 Å². The van der Waals surface area contributed by atoms with Gasteiger partial charge < -0.3 is 0 Å². The summed E-state index contributed by atoms with van der Waals surface area (Å²) in [6, 6.07) is 19.3. The predicted molar refractivity (Wildman–Crippen MR) is 79.4 cm³/mol. The number of benzene rings is 2. The second-order valence-electron chi connectivity index (χ2n) is 4.32. The fourth-order valence-corrected chi connectivity index (χ4v) is 2.62. The third-order valence-electron chi connectivity index (χ3n) is 2.98. The van der Waals surface area contributed by atoms with Gasteiger partial charge in [0.15, 0.2) is 0 Å². The Morgan fingerprint density at radius 2 is 1.37 bits per heavy atom. The minimum Gasteiger partial charge on any atom is -0.192 e. The minimum atomic E-state index is -0.157. The first-order valence-corrected chi connectivity index (χ1v) is 6.91. The van der Waals surface area contributed by atoms with Crippen LogP contribution in [-0.2, 0) is 0 Å². The van der Waals surface area contributed by atoms with Crippen LogP contribution in [0.2, 0.25) is 0 Å². The molecule has 96 valence electrons. The van der Waals surface area contributed by atoms with E-state index in [1.165, 1.54) is 0 Å². The summed E-state index contributed by atoms with van der Waals surface area (Å²) in [6.07, 6.45) is 0.652. The van der Waals surface area contributed by atoms with Gasteiger partial charge in [-0.05, 0) is 29.7 Å². The van der Waals surface area contributed by atoms with E-state index in [0.717, 1.165) is 11.1 Å². The fourth-order valence-electron chi connectivity index (χ4n) is 1.88. The van der Waals surface area contributed by atoms with Gasteiger partial charge in [0.05, 0.1) is 22.4 Å². The van der Waals surface area contributed by atoms with Crippen LogP contribution in [0.25, 0.3) is 0 Å². The molecule has 0 aromatic heterocycles. The van der Waals surface area contributed by atoms with Crippen molar-refractivity contribution in [3.8, 4) is 6.07 Å². The van der Waals surface area contributed by atoms with Crippen molar-refractivity contribution < 1.29 is 0 Å². The molecule has 0 heterocycles. The van der Waals surface area contributed by atoms with Crippen molar-refractivity contribution in [1.29, 1.82) is 5.26 Å². The van der Waals surface area contributed by atoms with E-state index in [4.69, 9.17) is 28.5 Å². The second-order valence-corrected chi connectivity index (χ2v) is 5.37. The third kappa shape index (κ3) is 3.73. The quantitative estimate of drug-likeness (QED) is 0.709. The van der Waals surface area contributed by atoms with Crippen molar-refractivity contribution in [3.63, 3.8) is 0 Å². The zero-order chi connectivity index (χ0) is 13.7. The van der Waals surface area contributed by atoms with E-state index >= 15 is 0 Å². The third-order valence-corrected chi connectivity index (χ3v) is 3.84. The van der Waals surface area contributed by atoms with Gasteiger partial charge in [-0.25, -0.2) is 0 Å². The first-order valence-electron chi connectivity index (χ1n) is 6.04. The molecule has 0 aliphatic carbocycles. The summed E-state index contributed by atoms with van der Waals surface area (Å²) in [5.74, 6) is 0. The summed E-state index contributed by atoms with van der Waals surface area (Å²) >= 11 is 12.8. The van der Waals surface area contributed by atoms with Crippen LogP contribution in [0.3, 0.4) is 0 Å². The Hall–Kier alpha value is -1.49. The van der Waals surface area contributed by atoms with Gasteiger partial charge in [-0.15, -0.1) is 23.2 Å². The highest BCUT2D eigenvalue weighted by molar-refractivity contribution is 6.23. The van der Waals surface area contributed by atoms with Gasteiger partial charge in [0.1, 0.15) is 0 Å². The van der Waals surface area contributed by atoms with Crippen LogP contribution in [0.4, 0.5) is 0 Å². The van der Waals surface area contributed by atoms with Crippen LogP contribution >= 0.6 is 23.2 Å². The van der Waals surface area contributed by atoms with Crippen molar-refractivity contribution in [2.45, 2.75) is 17.2 Å². The number of nitrogens with zero attached hydrogens (tertiary/aromatic N) is 1. The topological polar surface area (TPSA) is 23.8 Å². The molecule has 3 heteroatoms. The normalized spacial score (nSPS) is 13.5. The largest absolute Gasteiger partial charge is 0.192 e. The molecule has 0 bridgehead atoms. The lowest BCUT2D eigenvalue weighted by molar-refractivity contribution is 0.769.